The van der Waals surface area contributed by atoms with Crippen LogP contribution in [0.15, 0.2) is 54.9 Å². The van der Waals surface area contributed by atoms with Crippen LogP contribution in [-0.4, -0.2) is 25.6 Å². The van der Waals surface area contributed by atoms with Gasteiger partial charge in [-0.3, -0.25) is 19.6 Å². The van der Waals surface area contributed by atoms with Crippen molar-refractivity contribution in [2.45, 2.75) is 19.9 Å². The monoisotopic (exact) mass is 407 g/mol. The highest BCUT2D eigenvalue weighted by Gasteiger charge is 2.19. The number of rotatable bonds is 5. The fourth-order valence-corrected chi connectivity index (χ4v) is 3.92. The number of nitrogens with zero attached hydrogens (tertiary/aromatic N) is 4. The van der Waals surface area contributed by atoms with Crippen LogP contribution in [0.5, 0.6) is 0 Å². The summed E-state index contributed by atoms with van der Waals surface area (Å²) in [5.41, 5.74) is 3.61. The van der Waals surface area contributed by atoms with Crippen molar-refractivity contribution in [3.8, 4) is 10.6 Å². The number of thiazole rings is 1. The molecule has 2 heterocycles. The van der Waals surface area contributed by atoms with Gasteiger partial charge < -0.3 is 5.32 Å². The normalized spacial score (nSPS) is 12.1. The number of hydrogen-bond acceptors (Lipinski definition) is 6. The molecule has 0 fully saturated rings. The first kappa shape index (κ1) is 18.8. The number of amides is 1. The Hall–Kier alpha value is -3.59. The first-order valence-corrected chi connectivity index (χ1v) is 9.69. The topological polar surface area (TPSA) is 103 Å². The number of nitro groups is 1. The Morgan fingerprint density at radius 1 is 1.24 bits per heavy atom. The number of benzene rings is 2. The summed E-state index contributed by atoms with van der Waals surface area (Å²) < 4.78 is 2.41. The molecule has 0 saturated heterocycles. The standard InChI is InChI=1S/C20H17N5O3S/c1-12-3-8-17-18(9-12)29-20(23-17)14-4-6-15(7-5-14)22-19(26)13(2)24-11-16(10-21-24)25(27)28/h3-11,13H,1-2H3,(H,22,26). The fraction of sp³-hybridized carbons (Fsp3) is 0.150. The summed E-state index contributed by atoms with van der Waals surface area (Å²) in [6.07, 6.45) is 2.36. The molecule has 0 aliphatic rings. The lowest BCUT2D eigenvalue weighted by molar-refractivity contribution is -0.385. The van der Waals surface area contributed by atoms with Crippen LogP contribution >= 0.6 is 11.3 Å². The van der Waals surface area contributed by atoms with E-state index in [1.165, 1.54) is 16.4 Å². The number of anilines is 1. The molecule has 1 amide bonds. The third-order valence-corrected chi connectivity index (χ3v) is 5.59. The van der Waals surface area contributed by atoms with Crippen LogP contribution in [0.3, 0.4) is 0 Å². The van der Waals surface area contributed by atoms with Gasteiger partial charge in [-0.05, 0) is 55.8 Å². The molecule has 2 aromatic carbocycles. The van der Waals surface area contributed by atoms with Crippen LogP contribution < -0.4 is 5.32 Å². The number of carbonyl (C=O) groups excluding carboxylic acids is 1. The van der Waals surface area contributed by atoms with Gasteiger partial charge in [0.05, 0.1) is 15.1 Å². The van der Waals surface area contributed by atoms with E-state index in [0.717, 1.165) is 27.0 Å². The quantitative estimate of drug-likeness (QED) is 0.385. The van der Waals surface area contributed by atoms with Crippen LogP contribution in [0.2, 0.25) is 0 Å². The lowest BCUT2D eigenvalue weighted by Crippen LogP contribution is -2.23. The van der Waals surface area contributed by atoms with E-state index < -0.39 is 11.0 Å². The predicted octanol–water partition coefficient (Wildman–Crippen LogP) is 4.58. The minimum Gasteiger partial charge on any atom is -0.324 e. The molecule has 0 saturated carbocycles. The highest BCUT2D eigenvalue weighted by atomic mass is 32.1. The molecule has 4 aromatic rings. The van der Waals surface area contributed by atoms with Gasteiger partial charge in [0.25, 0.3) is 0 Å². The second kappa shape index (κ2) is 7.44. The number of aromatic nitrogens is 3. The van der Waals surface area contributed by atoms with E-state index >= 15 is 0 Å². The van der Waals surface area contributed by atoms with Gasteiger partial charge >= 0.3 is 5.69 Å². The smallest absolute Gasteiger partial charge is 0.307 e. The Morgan fingerprint density at radius 3 is 2.69 bits per heavy atom. The molecule has 1 unspecified atom stereocenters. The van der Waals surface area contributed by atoms with Gasteiger partial charge in [0, 0.05) is 11.3 Å². The second-order valence-corrected chi connectivity index (χ2v) is 7.70. The Labute approximate surface area is 170 Å². The first-order chi connectivity index (χ1) is 13.9. The maximum atomic E-state index is 12.4. The van der Waals surface area contributed by atoms with Gasteiger partial charge in [0.2, 0.25) is 5.91 Å². The molecule has 0 bridgehead atoms. The summed E-state index contributed by atoms with van der Waals surface area (Å²) in [6, 6.07) is 12.9. The third kappa shape index (κ3) is 3.85. The highest BCUT2D eigenvalue weighted by molar-refractivity contribution is 7.21. The maximum absolute atomic E-state index is 12.4. The number of fused-ring (bicyclic) bond motifs is 1. The average Bonchev–Trinajstić information content (AvgIpc) is 3.35. The van der Waals surface area contributed by atoms with E-state index in [9.17, 15) is 14.9 Å². The zero-order chi connectivity index (χ0) is 20.5. The van der Waals surface area contributed by atoms with Crippen molar-refractivity contribution in [3.05, 3.63) is 70.5 Å². The molecule has 0 spiro atoms. The van der Waals surface area contributed by atoms with Crippen LogP contribution in [0.25, 0.3) is 20.8 Å². The van der Waals surface area contributed by atoms with E-state index in [-0.39, 0.29) is 11.6 Å². The van der Waals surface area contributed by atoms with Gasteiger partial charge in [-0.25, -0.2) is 4.98 Å². The maximum Gasteiger partial charge on any atom is 0.307 e. The molecule has 146 valence electrons. The van der Waals surface area contributed by atoms with Crippen LogP contribution in [0.4, 0.5) is 11.4 Å². The number of carbonyl (C=O) groups is 1. The first-order valence-electron chi connectivity index (χ1n) is 8.88. The SMILES string of the molecule is Cc1ccc2nc(-c3ccc(NC(=O)C(C)n4cc([N+](=O)[O-])cn4)cc3)sc2c1. The molecule has 9 heteroatoms. The van der Waals surface area contributed by atoms with Crippen molar-refractivity contribution in [3.63, 3.8) is 0 Å². The minimum absolute atomic E-state index is 0.153. The summed E-state index contributed by atoms with van der Waals surface area (Å²) in [6.45, 7) is 3.68. The number of hydrogen-bond donors (Lipinski definition) is 1. The molecule has 2 aromatic heterocycles. The highest BCUT2D eigenvalue weighted by Crippen LogP contribution is 2.31. The zero-order valence-corrected chi connectivity index (χ0v) is 16.5. The molecule has 29 heavy (non-hydrogen) atoms. The molecular formula is C20H17N5O3S. The summed E-state index contributed by atoms with van der Waals surface area (Å²) >= 11 is 1.63. The Bertz CT molecular complexity index is 1210. The molecular weight excluding hydrogens is 390 g/mol. The number of nitrogens with one attached hydrogen (secondary N) is 1. The third-order valence-electron chi connectivity index (χ3n) is 4.52. The van der Waals surface area contributed by atoms with Gasteiger partial charge in [-0.2, -0.15) is 5.10 Å². The number of aryl methyl sites for hydroxylation is 1. The van der Waals surface area contributed by atoms with Gasteiger partial charge in [0.1, 0.15) is 23.4 Å². The van der Waals surface area contributed by atoms with E-state index in [1.807, 2.05) is 36.4 Å². The van der Waals surface area contributed by atoms with E-state index in [2.05, 4.69) is 28.4 Å². The van der Waals surface area contributed by atoms with Crippen molar-refractivity contribution in [1.29, 1.82) is 0 Å². The van der Waals surface area contributed by atoms with Crippen molar-refractivity contribution in [2.75, 3.05) is 5.32 Å². The summed E-state index contributed by atoms with van der Waals surface area (Å²) in [5.74, 6) is -0.314. The van der Waals surface area contributed by atoms with Crippen molar-refractivity contribution in [2.24, 2.45) is 0 Å². The molecule has 8 nitrogen and oxygen atoms in total. The summed E-state index contributed by atoms with van der Waals surface area (Å²) in [4.78, 5) is 27.3. The Kier molecular flexibility index (Phi) is 4.81. The van der Waals surface area contributed by atoms with E-state index in [0.29, 0.717) is 5.69 Å². The Balaban J connectivity index is 1.48. The summed E-state index contributed by atoms with van der Waals surface area (Å²) in [7, 11) is 0. The van der Waals surface area contributed by atoms with Crippen molar-refractivity contribution >= 4 is 38.8 Å². The molecule has 1 N–H and O–H groups in total. The van der Waals surface area contributed by atoms with Gasteiger partial charge in [-0.1, -0.05) is 6.07 Å². The summed E-state index contributed by atoms with van der Waals surface area (Å²) in [5, 5.41) is 18.4. The predicted molar refractivity (Wildman–Crippen MR) is 112 cm³/mol. The molecule has 0 radical (unpaired) electrons. The van der Waals surface area contributed by atoms with Crippen LogP contribution in [0, 0.1) is 17.0 Å². The fourth-order valence-electron chi connectivity index (χ4n) is 2.85. The average molecular weight is 407 g/mol. The minimum atomic E-state index is -0.684. The van der Waals surface area contributed by atoms with Crippen LogP contribution in [-0.2, 0) is 4.79 Å². The van der Waals surface area contributed by atoms with Gasteiger partial charge in [0.15, 0.2) is 0 Å². The van der Waals surface area contributed by atoms with Gasteiger partial charge in [-0.15, -0.1) is 11.3 Å². The molecule has 4 rings (SSSR count). The molecule has 1 atom stereocenters. The van der Waals surface area contributed by atoms with E-state index in [1.54, 1.807) is 18.3 Å². The lowest BCUT2D eigenvalue weighted by Gasteiger charge is -2.12. The second-order valence-electron chi connectivity index (χ2n) is 6.67. The Morgan fingerprint density at radius 2 is 2.00 bits per heavy atom. The van der Waals surface area contributed by atoms with Crippen molar-refractivity contribution in [1.82, 2.24) is 14.8 Å². The zero-order valence-electron chi connectivity index (χ0n) is 15.7. The molecule has 0 aliphatic carbocycles. The largest absolute Gasteiger partial charge is 0.324 e. The van der Waals surface area contributed by atoms with Crippen molar-refractivity contribution < 1.29 is 9.72 Å². The lowest BCUT2D eigenvalue weighted by atomic mass is 10.2. The molecule has 0 aliphatic heterocycles. The van der Waals surface area contributed by atoms with Crippen LogP contribution in [0.1, 0.15) is 18.5 Å². The van der Waals surface area contributed by atoms with E-state index in [4.69, 9.17) is 0 Å².